The van der Waals surface area contributed by atoms with Crippen LogP contribution in [0.5, 0.6) is 0 Å². The molecule has 7 N–H and O–H groups in total. The van der Waals surface area contributed by atoms with Crippen LogP contribution in [-0.4, -0.2) is 26.2 Å². The van der Waals surface area contributed by atoms with Crippen LogP contribution in [0.1, 0.15) is 11.1 Å². The Morgan fingerprint density at radius 1 is 0.696 bits per heavy atom. The molecule has 0 saturated carbocycles. The van der Waals surface area contributed by atoms with E-state index in [1.165, 1.54) is 11.1 Å². The first-order valence-electron chi connectivity index (χ1n) is 7.97. The summed E-state index contributed by atoms with van der Waals surface area (Å²) in [7, 11) is 0. The smallest absolute Gasteiger partial charge is 0.0371 e. The molecule has 0 aliphatic rings. The zero-order valence-electron chi connectivity index (χ0n) is 13.9. The number of hydrogen-bond acceptors (Lipinski definition) is 5. The van der Waals surface area contributed by atoms with Crippen LogP contribution in [0.2, 0.25) is 0 Å². The first-order chi connectivity index (χ1) is 11.1. The number of hydrogen-bond donors (Lipinski definition) is 5. The maximum absolute atomic E-state index is 5.75. The number of anilines is 4. The summed E-state index contributed by atoms with van der Waals surface area (Å²) in [6, 6.07) is 11.8. The highest BCUT2D eigenvalue weighted by Gasteiger charge is 1.99. The Bertz CT molecular complexity index is 584. The number of nitrogen functional groups attached to an aromatic ring is 2. The lowest BCUT2D eigenvalue weighted by atomic mass is 10.2. The van der Waals surface area contributed by atoms with Crippen LogP contribution in [0, 0.1) is 13.8 Å². The van der Waals surface area contributed by atoms with Crippen LogP contribution in [0.4, 0.5) is 22.7 Å². The predicted molar refractivity (Wildman–Crippen MR) is 101 cm³/mol. The fourth-order valence-corrected chi connectivity index (χ4v) is 2.47. The molecule has 0 aliphatic heterocycles. The maximum atomic E-state index is 5.75. The molecule has 0 amide bonds. The van der Waals surface area contributed by atoms with Gasteiger partial charge in [-0.05, 0) is 61.4 Å². The normalized spacial score (nSPS) is 10.5. The minimum absolute atomic E-state index is 0.801. The molecule has 0 bridgehead atoms. The molecule has 0 heterocycles. The summed E-state index contributed by atoms with van der Waals surface area (Å²) in [4.78, 5) is 0. The van der Waals surface area contributed by atoms with Gasteiger partial charge < -0.3 is 27.4 Å². The van der Waals surface area contributed by atoms with Gasteiger partial charge in [-0.2, -0.15) is 0 Å². The summed E-state index contributed by atoms with van der Waals surface area (Å²) in [6.45, 7) is 7.70. The summed E-state index contributed by atoms with van der Waals surface area (Å²) in [5.74, 6) is 0. The Morgan fingerprint density at radius 3 is 1.52 bits per heavy atom. The van der Waals surface area contributed by atoms with Gasteiger partial charge in [0.15, 0.2) is 0 Å². The van der Waals surface area contributed by atoms with Crippen molar-refractivity contribution in [1.82, 2.24) is 5.32 Å². The molecule has 2 aromatic carbocycles. The highest BCUT2D eigenvalue weighted by atomic mass is 15.0. The fourth-order valence-electron chi connectivity index (χ4n) is 2.47. The molecule has 5 nitrogen and oxygen atoms in total. The van der Waals surface area contributed by atoms with E-state index in [0.29, 0.717) is 0 Å². The second-order valence-corrected chi connectivity index (χ2v) is 5.75. The van der Waals surface area contributed by atoms with Crippen molar-refractivity contribution in [1.29, 1.82) is 0 Å². The molecular weight excluding hydrogens is 286 g/mol. The third kappa shape index (κ3) is 5.38. The first-order valence-corrected chi connectivity index (χ1v) is 7.97. The largest absolute Gasteiger partial charge is 0.399 e. The maximum Gasteiger partial charge on any atom is 0.0371 e. The van der Waals surface area contributed by atoms with E-state index in [9.17, 15) is 0 Å². The molecule has 2 aromatic rings. The van der Waals surface area contributed by atoms with Crippen molar-refractivity contribution in [3.05, 3.63) is 47.5 Å². The van der Waals surface area contributed by atoms with Gasteiger partial charge in [-0.25, -0.2) is 0 Å². The lowest BCUT2D eigenvalue weighted by Gasteiger charge is -2.12. The van der Waals surface area contributed by atoms with Gasteiger partial charge in [0.2, 0.25) is 0 Å². The van der Waals surface area contributed by atoms with Gasteiger partial charge in [-0.15, -0.1) is 0 Å². The van der Waals surface area contributed by atoms with Gasteiger partial charge >= 0.3 is 0 Å². The summed E-state index contributed by atoms with van der Waals surface area (Å²) >= 11 is 0. The van der Waals surface area contributed by atoms with E-state index < -0.39 is 0 Å². The van der Waals surface area contributed by atoms with Gasteiger partial charge in [0.1, 0.15) is 0 Å². The van der Waals surface area contributed by atoms with E-state index in [0.717, 1.165) is 48.9 Å². The van der Waals surface area contributed by atoms with Gasteiger partial charge in [0, 0.05) is 48.9 Å². The van der Waals surface area contributed by atoms with Crippen molar-refractivity contribution < 1.29 is 0 Å². The van der Waals surface area contributed by atoms with Crippen LogP contribution in [0.25, 0.3) is 0 Å². The lowest BCUT2D eigenvalue weighted by Crippen LogP contribution is -2.27. The predicted octanol–water partition coefficient (Wildman–Crippen LogP) is 2.58. The molecule has 0 aromatic heterocycles. The van der Waals surface area contributed by atoms with Crippen molar-refractivity contribution in [2.75, 3.05) is 48.3 Å². The van der Waals surface area contributed by atoms with Crippen LogP contribution in [0.15, 0.2) is 36.4 Å². The quantitative estimate of drug-likeness (QED) is 0.382. The Labute approximate surface area is 138 Å². The topological polar surface area (TPSA) is 88.1 Å². The summed E-state index contributed by atoms with van der Waals surface area (Å²) in [5, 5.41) is 10.2. The van der Waals surface area contributed by atoms with Gasteiger partial charge in [-0.1, -0.05) is 0 Å². The molecule has 0 fully saturated rings. The summed E-state index contributed by atoms with van der Waals surface area (Å²) in [5.41, 5.74) is 17.7. The molecule has 0 radical (unpaired) electrons. The summed E-state index contributed by atoms with van der Waals surface area (Å²) < 4.78 is 0. The number of aryl methyl sites for hydroxylation is 2. The molecule has 5 heteroatoms. The minimum Gasteiger partial charge on any atom is -0.399 e. The Balaban J connectivity index is 1.61. The molecule has 0 unspecified atom stereocenters. The molecule has 0 aliphatic carbocycles. The van der Waals surface area contributed by atoms with Crippen LogP contribution in [-0.2, 0) is 0 Å². The number of nitrogens with one attached hydrogen (secondary N) is 3. The van der Waals surface area contributed by atoms with E-state index in [-0.39, 0.29) is 0 Å². The SMILES string of the molecule is Cc1cc(N)ccc1NCCNCCNc1ccc(N)cc1C. The third-order valence-corrected chi connectivity index (χ3v) is 3.74. The Kier molecular flexibility index (Phi) is 6.11. The monoisotopic (exact) mass is 313 g/mol. The van der Waals surface area contributed by atoms with Crippen LogP contribution < -0.4 is 27.4 Å². The standard InChI is InChI=1S/C18H27N5/c1-13-11-15(19)3-5-17(13)22-9-7-21-8-10-23-18-6-4-16(20)12-14(18)2/h3-6,11-12,21-23H,7-10,19-20H2,1-2H3. The van der Waals surface area contributed by atoms with Crippen LogP contribution in [0.3, 0.4) is 0 Å². The van der Waals surface area contributed by atoms with E-state index in [1.54, 1.807) is 0 Å². The van der Waals surface area contributed by atoms with Crippen LogP contribution >= 0.6 is 0 Å². The second kappa shape index (κ2) is 8.29. The average Bonchev–Trinajstić information content (AvgIpc) is 2.50. The van der Waals surface area contributed by atoms with Gasteiger partial charge in [-0.3, -0.25) is 0 Å². The molecule has 0 atom stereocenters. The van der Waals surface area contributed by atoms with Gasteiger partial charge in [0.05, 0.1) is 0 Å². The number of benzene rings is 2. The molecule has 2 rings (SSSR count). The molecular formula is C18H27N5. The van der Waals surface area contributed by atoms with Crippen molar-refractivity contribution in [2.24, 2.45) is 0 Å². The molecule has 0 saturated heterocycles. The van der Waals surface area contributed by atoms with E-state index in [2.05, 4.69) is 29.8 Å². The lowest BCUT2D eigenvalue weighted by molar-refractivity contribution is 0.719. The van der Waals surface area contributed by atoms with Gasteiger partial charge in [0.25, 0.3) is 0 Å². The van der Waals surface area contributed by atoms with Crippen molar-refractivity contribution >= 4 is 22.7 Å². The van der Waals surface area contributed by atoms with E-state index in [4.69, 9.17) is 11.5 Å². The van der Waals surface area contributed by atoms with Crippen molar-refractivity contribution in [3.63, 3.8) is 0 Å². The van der Waals surface area contributed by atoms with Crippen molar-refractivity contribution in [3.8, 4) is 0 Å². The number of nitrogens with two attached hydrogens (primary N) is 2. The number of rotatable bonds is 8. The molecule has 23 heavy (non-hydrogen) atoms. The fraction of sp³-hybridized carbons (Fsp3) is 0.333. The second-order valence-electron chi connectivity index (χ2n) is 5.75. The summed E-state index contributed by atoms with van der Waals surface area (Å²) in [6.07, 6.45) is 0. The molecule has 124 valence electrons. The minimum atomic E-state index is 0.801. The average molecular weight is 313 g/mol. The zero-order chi connectivity index (χ0) is 16.7. The van der Waals surface area contributed by atoms with E-state index >= 15 is 0 Å². The van der Waals surface area contributed by atoms with Crippen molar-refractivity contribution in [2.45, 2.75) is 13.8 Å². The van der Waals surface area contributed by atoms with E-state index in [1.807, 2.05) is 36.4 Å². The zero-order valence-corrected chi connectivity index (χ0v) is 13.9. The highest BCUT2D eigenvalue weighted by Crippen LogP contribution is 2.17. The first kappa shape index (κ1) is 17.0. The molecule has 0 spiro atoms. The Hall–Kier alpha value is -2.40. The third-order valence-electron chi connectivity index (χ3n) is 3.74. The Morgan fingerprint density at radius 2 is 1.13 bits per heavy atom. The highest BCUT2D eigenvalue weighted by molar-refractivity contribution is 5.58.